The van der Waals surface area contributed by atoms with Gasteiger partial charge < -0.3 is 4.74 Å². The second-order valence-electron chi connectivity index (χ2n) is 4.67. The van der Waals surface area contributed by atoms with Crippen molar-refractivity contribution in [3.05, 3.63) is 29.8 Å². The number of ketones is 1. The minimum Gasteiger partial charge on any atom is -0.486 e. The van der Waals surface area contributed by atoms with E-state index in [4.69, 9.17) is 4.74 Å². The molecule has 4 heteroatoms. The maximum Gasteiger partial charge on any atom is 0.165 e. The van der Waals surface area contributed by atoms with Gasteiger partial charge in [-0.15, -0.1) is 0 Å². The van der Waals surface area contributed by atoms with E-state index in [0.717, 1.165) is 18.2 Å². The van der Waals surface area contributed by atoms with Crippen LogP contribution < -0.4 is 4.74 Å². The molecular formula is C14H16F2O2. The van der Waals surface area contributed by atoms with Crippen molar-refractivity contribution < 1.29 is 18.3 Å². The molecule has 1 atom stereocenters. The van der Waals surface area contributed by atoms with E-state index in [1.54, 1.807) is 0 Å². The highest BCUT2D eigenvalue weighted by Gasteiger charge is 2.54. The number of hydrogen-bond acceptors (Lipinski definition) is 2. The molecule has 2 nitrogen and oxygen atoms in total. The summed E-state index contributed by atoms with van der Waals surface area (Å²) < 4.78 is 32.0. The number of rotatable bonds is 4. The van der Waals surface area contributed by atoms with Crippen molar-refractivity contribution in [2.24, 2.45) is 5.41 Å². The van der Waals surface area contributed by atoms with E-state index in [0.29, 0.717) is 12.8 Å². The molecule has 1 aromatic carbocycles. The van der Waals surface area contributed by atoms with Gasteiger partial charge in [-0.25, -0.2) is 8.78 Å². The van der Waals surface area contributed by atoms with Crippen LogP contribution in [0.15, 0.2) is 18.2 Å². The van der Waals surface area contributed by atoms with Gasteiger partial charge in [-0.3, -0.25) is 4.79 Å². The summed E-state index contributed by atoms with van der Waals surface area (Å²) in [5, 5.41) is 0. The predicted octanol–water partition coefficient (Wildman–Crippen LogP) is 3.49. The maximum atomic E-state index is 13.5. The van der Waals surface area contributed by atoms with Crippen molar-refractivity contribution in [2.75, 3.05) is 0 Å². The van der Waals surface area contributed by atoms with Crippen LogP contribution in [0.4, 0.5) is 8.78 Å². The van der Waals surface area contributed by atoms with Crippen LogP contribution in [0.1, 0.15) is 33.1 Å². The van der Waals surface area contributed by atoms with Gasteiger partial charge in [-0.2, -0.15) is 0 Å². The van der Waals surface area contributed by atoms with Gasteiger partial charge in [-0.05, 0) is 25.0 Å². The quantitative estimate of drug-likeness (QED) is 0.822. The van der Waals surface area contributed by atoms with Crippen molar-refractivity contribution >= 4 is 5.78 Å². The van der Waals surface area contributed by atoms with Crippen molar-refractivity contribution in [1.29, 1.82) is 0 Å². The lowest BCUT2D eigenvalue weighted by atomic mass is 9.61. The van der Waals surface area contributed by atoms with Crippen molar-refractivity contribution in [3.63, 3.8) is 0 Å². The first-order valence-corrected chi connectivity index (χ1v) is 6.18. The van der Waals surface area contributed by atoms with E-state index in [1.165, 1.54) is 0 Å². The molecule has 1 aromatic rings. The van der Waals surface area contributed by atoms with Crippen LogP contribution in [0.2, 0.25) is 0 Å². The lowest BCUT2D eigenvalue weighted by Gasteiger charge is -2.46. The number of carbonyl (C=O) groups excluding carboxylic acids is 1. The van der Waals surface area contributed by atoms with Gasteiger partial charge >= 0.3 is 0 Å². The Balaban J connectivity index is 2.20. The van der Waals surface area contributed by atoms with E-state index in [-0.39, 0.29) is 24.1 Å². The Labute approximate surface area is 105 Å². The largest absolute Gasteiger partial charge is 0.486 e. The third-order valence-electron chi connectivity index (χ3n) is 3.97. The highest BCUT2D eigenvalue weighted by Crippen LogP contribution is 2.45. The Bertz CT molecular complexity index is 467. The molecule has 0 heterocycles. The molecule has 1 aliphatic carbocycles. The van der Waals surface area contributed by atoms with Gasteiger partial charge in [0.05, 0.1) is 5.41 Å². The fraction of sp³-hybridized carbons (Fsp3) is 0.500. The van der Waals surface area contributed by atoms with Crippen LogP contribution in [0.5, 0.6) is 5.75 Å². The van der Waals surface area contributed by atoms with E-state index in [9.17, 15) is 13.6 Å². The highest BCUT2D eigenvalue weighted by molar-refractivity contribution is 5.92. The molecule has 1 fully saturated rings. The molecule has 0 N–H and O–H groups in total. The molecule has 98 valence electrons. The minimum atomic E-state index is -0.600. The molecular weight excluding hydrogens is 238 g/mol. The summed E-state index contributed by atoms with van der Waals surface area (Å²) in [6, 6.07) is 3.10. The smallest absolute Gasteiger partial charge is 0.165 e. The molecule has 0 spiro atoms. The number of Topliss-reactive ketones (excluding diaryl/α,β-unsaturated/α-hetero) is 1. The summed E-state index contributed by atoms with van der Waals surface area (Å²) in [7, 11) is 0. The second kappa shape index (κ2) is 4.67. The first-order chi connectivity index (χ1) is 8.53. The first kappa shape index (κ1) is 13.0. The Morgan fingerprint density at radius 1 is 1.33 bits per heavy atom. The Morgan fingerprint density at radius 3 is 2.56 bits per heavy atom. The van der Waals surface area contributed by atoms with E-state index < -0.39 is 17.0 Å². The van der Waals surface area contributed by atoms with E-state index in [1.807, 2.05) is 13.8 Å². The van der Waals surface area contributed by atoms with Gasteiger partial charge in [0.15, 0.2) is 11.6 Å². The zero-order valence-electron chi connectivity index (χ0n) is 10.5. The second-order valence-corrected chi connectivity index (χ2v) is 4.67. The van der Waals surface area contributed by atoms with Crippen molar-refractivity contribution in [1.82, 2.24) is 0 Å². The molecule has 1 saturated carbocycles. The zero-order chi connectivity index (χ0) is 13.3. The van der Waals surface area contributed by atoms with E-state index in [2.05, 4.69) is 0 Å². The lowest BCUT2D eigenvalue weighted by molar-refractivity contribution is -0.153. The van der Waals surface area contributed by atoms with Crippen LogP contribution in [0.25, 0.3) is 0 Å². The minimum absolute atomic E-state index is 0.112. The summed E-state index contributed by atoms with van der Waals surface area (Å²) in [5.41, 5.74) is -0.529. The third kappa shape index (κ3) is 1.89. The molecule has 0 aliphatic heterocycles. The average molecular weight is 254 g/mol. The first-order valence-electron chi connectivity index (χ1n) is 6.18. The summed E-state index contributed by atoms with van der Waals surface area (Å²) >= 11 is 0. The fourth-order valence-electron chi connectivity index (χ4n) is 2.59. The number of hydrogen-bond donors (Lipinski definition) is 0. The standard InChI is InChI=1S/C14H16F2O2/c1-3-14(4-2)12(17)8-13(14)18-11-7-9(15)5-6-10(11)16/h5-7,13H,3-4,8H2,1-2H3. The molecule has 0 radical (unpaired) electrons. The number of carbonyl (C=O) groups is 1. The Morgan fingerprint density at radius 2 is 2.00 bits per heavy atom. The maximum absolute atomic E-state index is 13.5. The summed E-state index contributed by atoms with van der Waals surface area (Å²) in [6.07, 6.45) is 1.24. The SMILES string of the molecule is CCC1(CC)C(=O)CC1Oc1cc(F)ccc1F. The third-order valence-corrected chi connectivity index (χ3v) is 3.97. The van der Waals surface area contributed by atoms with Gasteiger partial charge in [0, 0.05) is 12.5 Å². The van der Waals surface area contributed by atoms with Crippen LogP contribution in [-0.4, -0.2) is 11.9 Å². The average Bonchev–Trinajstić information content (AvgIpc) is 2.35. The lowest BCUT2D eigenvalue weighted by Crippen LogP contribution is -2.56. The van der Waals surface area contributed by atoms with Crippen molar-refractivity contribution in [2.45, 2.75) is 39.2 Å². The molecule has 1 unspecified atom stereocenters. The zero-order valence-corrected chi connectivity index (χ0v) is 10.5. The predicted molar refractivity (Wildman–Crippen MR) is 63.4 cm³/mol. The molecule has 0 saturated heterocycles. The molecule has 2 rings (SSSR count). The van der Waals surface area contributed by atoms with Crippen LogP contribution in [0, 0.1) is 17.0 Å². The fourth-order valence-corrected chi connectivity index (χ4v) is 2.59. The van der Waals surface area contributed by atoms with Gasteiger partial charge in [0.1, 0.15) is 17.7 Å². The molecule has 0 bridgehead atoms. The van der Waals surface area contributed by atoms with Crippen LogP contribution in [-0.2, 0) is 4.79 Å². The van der Waals surface area contributed by atoms with Crippen molar-refractivity contribution in [3.8, 4) is 5.75 Å². The monoisotopic (exact) mass is 254 g/mol. The Hall–Kier alpha value is -1.45. The number of benzene rings is 1. The normalized spacial score (nSPS) is 21.6. The molecule has 0 aromatic heterocycles. The number of ether oxygens (including phenoxy) is 1. The summed E-state index contributed by atoms with van der Waals surface area (Å²) in [4.78, 5) is 11.7. The molecule has 0 amide bonds. The molecule has 18 heavy (non-hydrogen) atoms. The topological polar surface area (TPSA) is 26.3 Å². The van der Waals surface area contributed by atoms with Gasteiger partial charge in [-0.1, -0.05) is 13.8 Å². The van der Waals surface area contributed by atoms with Gasteiger partial charge in [0.2, 0.25) is 0 Å². The van der Waals surface area contributed by atoms with E-state index >= 15 is 0 Å². The number of halogens is 2. The van der Waals surface area contributed by atoms with Crippen LogP contribution in [0.3, 0.4) is 0 Å². The molecule has 1 aliphatic rings. The Kier molecular flexibility index (Phi) is 3.37. The van der Waals surface area contributed by atoms with Gasteiger partial charge in [0.25, 0.3) is 0 Å². The summed E-state index contributed by atoms with van der Waals surface area (Å²) in [5.74, 6) is -1.11. The highest BCUT2D eigenvalue weighted by atomic mass is 19.1. The van der Waals surface area contributed by atoms with Crippen LogP contribution >= 0.6 is 0 Å². The summed E-state index contributed by atoms with van der Waals surface area (Å²) in [6.45, 7) is 3.83.